The van der Waals surface area contributed by atoms with Gasteiger partial charge in [0.2, 0.25) is 0 Å². The van der Waals surface area contributed by atoms with E-state index in [1.54, 1.807) is 6.08 Å². The van der Waals surface area contributed by atoms with Gasteiger partial charge in [0.15, 0.2) is 0 Å². The van der Waals surface area contributed by atoms with Gasteiger partial charge in [-0.1, -0.05) is 30.4 Å². The van der Waals surface area contributed by atoms with Gasteiger partial charge in [-0.2, -0.15) is 0 Å². The summed E-state index contributed by atoms with van der Waals surface area (Å²) in [5, 5.41) is 0. The highest BCUT2D eigenvalue weighted by atomic mass is 16.1. The Kier molecular flexibility index (Phi) is 12.1. The van der Waals surface area contributed by atoms with Crippen LogP contribution in [0.4, 0.5) is 0 Å². The van der Waals surface area contributed by atoms with Crippen LogP contribution in [0.5, 0.6) is 0 Å². The predicted octanol–water partition coefficient (Wildman–Crippen LogP) is 4.06. The van der Waals surface area contributed by atoms with E-state index in [1.165, 1.54) is 0 Å². The standard InChI is InChI=1S/C17H22O/c1-3-5-7-9-10-12-14-16-17(18)15-13-11-8-6-4-2/h3-5H,2,6,8,11,13-16H2,1H3. The SMILES string of the molecule is C=CCCCCCC(=O)CCC#CC#CC=CC. The number of hydrogen-bond acceptors (Lipinski definition) is 1. The van der Waals surface area contributed by atoms with Crippen molar-refractivity contribution < 1.29 is 4.79 Å². The van der Waals surface area contributed by atoms with Gasteiger partial charge < -0.3 is 0 Å². The second-order valence-corrected chi connectivity index (χ2v) is 4.00. The second kappa shape index (κ2) is 13.3. The van der Waals surface area contributed by atoms with Crippen LogP contribution in [0.3, 0.4) is 0 Å². The third kappa shape index (κ3) is 12.3. The van der Waals surface area contributed by atoms with E-state index in [4.69, 9.17) is 0 Å². The lowest BCUT2D eigenvalue weighted by atomic mass is 10.1. The van der Waals surface area contributed by atoms with Crippen LogP contribution in [0.1, 0.15) is 51.9 Å². The molecule has 1 heteroatoms. The monoisotopic (exact) mass is 242 g/mol. The number of carbonyl (C=O) groups excluding carboxylic acids is 1. The smallest absolute Gasteiger partial charge is 0.133 e. The number of hydrogen-bond donors (Lipinski definition) is 0. The van der Waals surface area contributed by atoms with Crippen LogP contribution in [0.15, 0.2) is 24.8 Å². The Hall–Kier alpha value is -1.73. The molecule has 0 spiro atoms. The van der Waals surface area contributed by atoms with Gasteiger partial charge >= 0.3 is 0 Å². The fraction of sp³-hybridized carbons (Fsp3) is 0.471. The van der Waals surface area contributed by atoms with Gasteiger partial charge in [-0.15, -0.1) is 6.58 Å². The van der Waals surface area contributed by atoms with Crippen molar-refractivity contribution >= 4 is 5.78 Å². The van der Waals surface area contributed by atoms with E-state index in [0.29, 0.717) is 25.0 Å². The van der Waals surface area contributed by atoms with Crippen LogP contribution in [0.25, 0.3) is 0 Å². The Balaban J connectivity index is 3.53. The van der Waals surface area contributed by atoms with Crippen LogP contribution in [0, 0.1) is 23.7 Å². The first kappa shape index (κ1) is 16.3. The average molecular weight is 242 g/mol. The molecule has 18 heavy (non-hydrogen) atoms. The molecule has 0 N–H and O–H groups in total. The zero-order chi connectivity index (χ0) is 13.5. The summed E-state index contributed by atoms with van der Waals surface area (Å²) >= 11 is 0. The van der Waals surface area contributed by atoms with Crippen LogP contribution in [0.2, 0.25) is 0 Å². The van der Waals surface area contributed by atoms with E-state index < -0.39 is 0 Å². The first-order valence-electron chi connectivity index (χ1n) is 6.53. The summed E-state index contributed by atoms with van der Waals surface area (Å²) in [5.41, 5.74) is 0. The van der Waals surface area contributed by atoms with E-state index in [0.717, 1.165) is 25.7 Å². The summed E-state index contributed by atoms with van der Waals surface area (Å²) in [6, 6.07) is 0. The average Bonchev–Trinajstić information content (AvgIpc) is 2.37. The zero-order valence-corrected chi connectivity index (χ0v) is 11.3. The maximum absolute atomic E-state index is 11.5. The Labute approximate surface area is 111 Å². The number of unbranched alkanes of at least 4 members (excludes halogenated alkanes) is 3. The molecule has 0 aliphatic rings. The lowest BCUT2D eigenvalue weighted by Gasteiger charge is -1.98. The van der Waals surface area contributed by atoms with E-state index in [9.17, 15) is 4.79 Å². The van der Waals surface area contributed by atoms with Gasteiger partial charge in [0.1, 0.15) is 5.78 Å². The van der Waals surface area contributed by atoms with Crippen molar-refractivity contribution in [3.63, 3.8) is 0 Å². The number of ketones is 1. The third-order valence-electron chi connectivity index (χ3n) is 2.37. The molecular formula is C17H22O. The largest absolute Gasteiger partial charge is 0.300 e. The van der Waals surface area contributed by atoms with Gasteiger partial charge in [-0.05, 0) is 44.1 Å². The molecule has 0 saturated carbocycles. The molecule has 0 aliphatic carbocycles. The van der Waals surface area contributed by atoms with Crippen molar-refractivity contribution in [3.8, 4) is 23.7 Å². The first-order valence-corrected chi connectivity index (χ1v) is 6.53. The summed E-state index contributed by atoms with van der Waals surface area (Å²) in [7, 11) is 0. The maximum atomic E-state index is 11.5. The minimum Gasteiger partial charge on any atom is -0.300 e. The van der Waals surface area contributed by atoms with Gasteiger partial charge in [-0.25, -0.2) is 0 Å². The van der Waals surface area contributed by atoms with Crippen LogP contribution >= 0.6 is 0 Å². The second-order valence-electron chi connectivity index (χ2n) is 4.00. The molecule has 0 atom stereocenters. The molecule has 0 bridgehead atoms. The highest BCUT2D eigenvalue weighted by Crippen LogP contribution is 2.05. The molecule has 1 nitrogen and oxygen atoms in total. The summed E-state index contributed by atoms with van der Waals surface area (Å²) in [6.07, 6.45) is 11.7. The molecule has 0 aliphatic heterocycles. The minimum absolute atomic E-state index is 0.310. The fourth-order valence-corrected chi connectivity index (χ4v) is 1.38. The van der Waals surface area contributed by atoms with Crippen molar-refractivity contribution in [1.82, 2.24) is 0 Å². The number of allylic oxidation sites excluding steroid dienone is 3. The summed E-state index contributed by atoms with van der Waals surface area (Å²) < 4.78 is 0. The summed E-state index contributed by atoms with van der Waals surface area (Å²) in [5.74, 6) is 11.4. The van der Waals surface area contributed by atoms with E-state index in [-0.39, 0.29) is 0 Å². The van der Waals surface area contributed by atoms with Gasteiger partial charge in [0, 0.05) is 19.3 Å². The first-order chi connectivity index (χ1) is 8.81. The Morgan fingerprint density at radius 3 is 2.72 bits per heavy atom. The quantitative estimate of drug-likeness (QED) is 0.356. The predicted molar refractivity (Wildman–Crippen MR) is 77.9 cm³/mol. The Morgan fingerprint density at radius 1 is 1.17 bits per heavy atom. The van der Waals surface area contributed by atoms with E-state index >= 15 is 0 Å². The molecule has 0 aromatic rings. The molecule has 0 amide bonds. The van der Waals surface area contributed by atoms with Crippen molar-refractivity contribution in [2.24, 2.45) is 0 Å². The molecule has 0 radical (unpaired) electrons. The van der Waals surface area contributed by atoms with Gasteiger partial charge in [-0.3, -0.25) is 4.79 Å². The molecule has 0 aromatic heterocycles. The third-order valence-corrected chi connectivity index (χ3v) is 2.37. The summed E-state index contributed by atoms with van der Waals surface area (Å²) in [6.45, 7) is 5.59. The number of Topliss-reactive ketones (excluding diaryl/α,β-unsaturated/α-hetero) is 1. The van der Waals surface area contributed by atoms with Crippen LogP contribution < -0.4 is 0 Å². The van der Waals surface area contributed by atoms with Crippen molar-refractivity contribution in [3.05, 3.63) is 24.8 Å². The van der Waals surface area contributed by atoms with E-state index in [2.05, 4.69) is 30.3 Å². The lowest BCUT2D eigenvalue weighted by molar-refractivity contribution is -0.119. The van der Waals surface area contributed by atoms with Crippen molar-refractivity contribution in [2.75, 3.05) is 0 Å². The number of carbonyl (C=O) groups is 1. The normalized spacial score (nSPS) is 9.17. The van der Waals surface area contributed by atoms with E-state index in [1.807, 2.05) is 19.1 Å². The fourth-order valence-electron chi connectivity index (χ4n) is 1.38. The van der Waals surface area contributed by atoms with Crippen molar-refractivity contribution in [2.45, 2.75) is 51.9 Å². The highest BCUT2D eigenvalue weighted by molar-refractivity contribution is 5.78. The van der Waals surface area contributed by atoms with Crippen molar-refractivity contribution in [1.29, 1.82) is 0 Å². The molecule has 0 fully saturated rings. The topological polar surface area (TPSA) is 17.1 Å². The minimum atomic E-state index is 0.310. The molecule has 0 rings (SSSR count). The molecule has 0 saturated heterocycles. The Bertz CT molecular complexity index is 379. The van der Waals surface area contributed by atoms with Gasteiger partial charge in [0.25, 0.3) is 0 Å². The number of rotatable bonds is 8. The molecular weight excluding hydrogens is 220 g/mol. The lowest BCUT2D eigenvalue weighted by Crippen LogP contribution is -1.96. The molecule has 0 unspecified atom stereocenters. The van der Waals surface area contributed by atoms with Crippen LogP contribution in [-0.4, -0.2) is 5.78 Å². The van der Waals surface area contributed by atoms with Crippen LogP contribution in [-0.2, 0) is 4.79 Å². The summed E-state index contributed by atoms with van der Waals surface area (Å²) in [4.78, 5) is 11.5. The maximum Gasteiger partial charge on any atom is 0.133 e. The molecule has 0 aromatic carbocycles. The zero-order valence-electron chi connectivity index (χ0n) is 11.3. The Morgan fingerprint density at radius 2 is 2.00 bits per heavy atom. The molecule has 0 heterocycles. The van der Waals surface area contributed by atoms with Gasteiger partial charge in [0.05, 0.1) is 0 Å². The molecule has 96 valence electrons. The highest BCUT2D eigenvalue weighted by Gasteiger charge is 1.99.